The van der Waals surface area contributed by atoms with Crippen LogP contribution in [0.5, 0.6) is 5.75 Å². The summed E-state index contributed by atoms with van der Waals surface area (Å²) in [4.78, 5) is 28.1. The summed E-state index contributed by atoms with van der Waals surface area (Å²) < 4.78 is 0. The minimum absolute atomic E-state index is 0.0990. The number of nitrogens with one attached hydrogen (secondary N) is 1. The maximum Gasteiger partial charge on any atom is 0.255 e. The van der Waals surface area contributed by atoms with Gasteiger partial charge in [0, 0.05) is 35.8 Å². The van der Waals surface area contributed by atoms with E-state index in [0.29, 0.717) is 23.2 Å². The number of carbonyl (C=O) groups excluding carboxylic acids is 2. The highest BCUT2D eigenvalue weighted by molar-refractivity contribution is 6.10. The fraction of sp³-hybridized carbons (Fsp3) is 0.417. The Kier molecular flexibility index (Phi) is 5.67. The van der Waals surface area contributed by atoms with Gasteiger partial charge in [0.25, 0.3) is 5.91 Å². The normalized spacial score (nSPS) is 24.5. The van der Waals surface area contributed by atoms with Gasteiger partial charge in [-0.15, -0.1) is 0 Å². The van der Waals surface area contributed by atoms with Crippen LogP contribution in [-0.2, 0) is 0 Å². The number of amides is 1. The first-order valence-corrected chi connectivity index (χ1v) is 10.5. The van der Waals surface area contributed by atoms with E-state index in [1.165, 1.54) is 31.4 Å². The highest BCUT2D eigenvalue weighted by atomic mass is 16.3. The predicted octanol–water partition coefficient (Wildman–Crippen LogP) is 3.76. The number of nitrogens with zero attached hydrogens (tertiary/aromatic N) is 1. The number of hydrogen-bond donors (Lipinski definition) is 2. The quantitative estimate of drug-likeness (QED) is 0.778. The van der Waals surface area contributed by atoms with Crippen molar-refractivity contribution in [2.24, 2.45) is 0 Å². The van der Waals surface area contributed by atoms with Crippen molar-refractivity contribution < 1.29 is 14.7 Å². The number of phenols is 1. The van der Waals surface area contributed by atoms with Gasteiger partial charge < -0.3 is 10.4 Å². The lowest BCUT2D eigenvalue weighted by Crippen LogP contribution is -2.54. The second-order valence-corrected chi connectivity index (χ2v) is 8.29. The fourth-order valence-electron chi connectivity index (χ4n) is 4.76. The van der Waals surface area contributed by atoms with Crippen molar-refractivity contribution in [1.82, 2.24) is 10.2 Å². The summed E-state index contributed by atoms with van der Waals surface area (Å²) in [5.41, 5.74) is 1.12. The van der Waals surface area contributed by atoms with Crippen LogP contribution in [0.3, 0.4) is 0 Å². The monoisotopic (exact) mass is 392 g/mol. The van der Waals surface area contributed by atoms with Crippen LogP contribution in [0.15, 0.2) is 48.5 Å². The summed E-state index contributed by atoms with van der Waals surface area (Å²) >= 11 is 0. The standard InChI is InChI=1S/C24H28N2O3/c1-16-6-5-9-20-15-19(12-13-26(16)20)25-24(29)21-14-18(10-11-22(21)27)23(28)17-7-3-2-4-8-17/h2-4,7-8,10-11,14,16,19-20,27H,5-6,9,12-13,15H2,1H3,(H,25,29)/t16-,19+,20-/m1/s1. The molecule has 2 aromatic carbocycles. The fourth-order valence-corrected chi connectivity index (χ4v) is 4.76. The van der Waals surface area contributed by atoms with Crippen LogP contribution >= 0.6 is 0 Å². The molecule has 2 aromatic rings. The van der Waals surface area contributed by atoms with Crippen molar-refractivity contribution in [3.05, 3.63) is 65.2 Å². The van der Waals surface area contributed by atoms with Gasteiger partial charge in [0.05, 0.1) is 5.56 Å². The summed E-state index contributed by atoms with van der Waals surface area (Å²) in [6.07, 6.45) is 5.54. The smallest absolute Gasteiger partial charge is 0.255 e. The average Bonchev–Trinajstić information content (AvgIpc) is 2.74. The Morgan fingerprint density at radius 2 is 1.83 bits per heavy atom. The van der Waals surface area contributed by atoms with Crippen molar-refractivity contribution in [2.45, 2.75) is 57.2 Å². The number of fused-ring (bicyclic) bond motifs is 1. The maximum absolute atomic E-state index is 12.9. The topological polar surface area (TPSA) is 69.6 Å². The molecule has 2 fully saturated rings. The Balaban J connectivity index is 1.47. The molecule has 0 aliphatic carbocycles. The predicted molar refractivity (Wildman–Crippen MR) is 112 cm³/mol. The van der Waals surface area contributed by atoms with Crippen LogP contribution in [0.1, 0.15) is 65.3 Å². The third kappa shape index (κ3) is 4.20. The van der Waals surface area contributed by atoms with Crippen LogP contribution in [-0.4, -0.2) is 46.4 Å². The molecular formula is C24H28N2O3. The molecule has 2 N–H and O–H groups in total. The molecule has 2 heterocycles. The Morgan fingerprint density at radius 3 is 2.62 bits per heavy atom. The first-order valence-electron chi connectivity index (χ1n) is 10.5. The van der Waals surface area contributed by atoms with E-state index in [-0.39, 0.29) is 29.0 Å². The minimum Gasteiger partial charge on any atom is -0.507 e. The second-order valence-electron chi connectivity index (χ2n) is 8.29. The lowest BCUT2D eigenvalue weighted by Gasteiger charge is -2.46. The van der Waals surface area contributed by atoms with E-state index in [1.807, 2.05) is 6.07 Å². The molecule has 0 radical (unpaired) electrons. The summed E-state index contributed by atoms with van der Waals surface area (Å²) in [5.74, 6) is -0.576. The van der Waals surface area contributed by atoms with Crippen molar-refractivity contribution in [3.63, 3.8) is 0 Å². The van der Waals surface area contributed by atoms with Gasteiger partial charge in [0.2, 0.25) is 0 Å². The zero-order chi connectivity index (χ0) is 20.4. The van der Waals surface area contributed by atoms with E-state index in [1.54, 1.807) is 30.3 Å². The van der Waals surface area contributed by atoms with Crippen LogP contribution < -0.4 is 5.32 Å². The number of phenolic OH excluding ortho intramolecular Hbond substituents is 1. The first kappa shape index (κ1) is 19.6. The number of carbonyl (C=O) groups is 2. The van der Waals surface area contributed by atoms with Gasteiger partial charge in [0.15, 0.2) is 5.78 Å². The molecule has 2 saturated heterocycles. The van der Waals surface area contributed by atoms with Crippen molar-refractivity contribution in [1.29, 1.82) is 0 Å². The molecule has 5 nitrogen and oxygen atoms in total. The molecule has 0 unspecified atom stereocenters. The molecule has 1 amide bonds. The minimum atomic E-state index is -0.312. The molecule has 0 aromatic heterocycles. The summed E-state index contributed by atoms with van der Waals surface area (Å²) in [6, 6.07) is 14.7. The van der Waals surface area contributed by atoms with E-state index in [2.05, 4.69) is 17.1 Å². The van der Waals surface area contributed by atoms with Crippen molar-refractivity contribution in [3.8, 4) is 5.75 Å². The maximum atomic E-state index is 12.9. The number of rotatable bonds is 4. The zero-order valence-corrected chi connectivity index (χ0v) is 16.8. The first-order chi connectivity index (χ1) is 14.0. The number of ketones is 1. The van der Waals surface area contributed by atoms with Crippen molar-refractivity contribution in [2.75, 3.05) is 6.54 Å². The number of hydrogen-bond acceptors (Lipinski definition) is 4. The highest BCUT2D eigenvalue weighted by Gasteiger charge is 2.34. The summed E-state index contributed by atoms with van der Waals surface area (Å²) in [6.45, 7) is 3.29. The van der Waals surface area contributed by atoms with Gasteiger partial charge >= 0.3 is 0 Å². The third-order valence-corrected chi connectivity index (χ3v) is 6.36. The molecule has 0 spiro atoms. The molecule has 2 aliphatic heterocycles. The molecule has 2 aliphatic rings. The molecule has 0 bridgehead atoms. The lowest BCUT2D eigenvalue weighted by atomic mass is 9.87. The molecule has 4 rings (SSSR count). The van der Waals surface area contributed by atoms with E-state index < -0.39 is 0 Å². The van der Waals surface area contributed by atoms with Gasteiger partial charge in [-0.3, -0.25) is 14.5 Å². The Labute approximate surface area is 171 Å². The van der Waals surface area contributed by atoms with E-state index in [0.717, 1.165) is 19.4 Å². The highest BCUT2D eigenvalue weighted by Crippen LogP contribution is 2.30. The third-order valence-electron chi connectivity index (χ3n) is 6.36. The van der Waals surface area contributed by atoms with Crippen molar-refractivity contribution >= 4 is 11.7 Å². The van der Waals surface area contributed by atoms with E-state index >= 15 is 0 Å². The van der Waals surface area contributed by atoms with E-state index in [4.69, 9.17) is 0 Å². The summed E-state index contributed by atoms with van der Waals surface area (Å²) in [7, 11) is 0. The molecule has 5 heteroatoms. The SMILES string of the molecule is C[C@@H]1CCC[C@@H]2C[C@@H](NC(=O)c3cc(C(=O)c4ccccc4)ccc3O)CCN21. The molecular weight excluding hydrogens is 364 g/mol. The molecule has 0 saturated carbocycles. The zero-order valence-electron chi connectivity index (χ0n) is 16.8. The largest absolute Gasteiger partial charge is 0.507 e. The van der Waals surface area contributed by atoms with Crippen LogP contribution in [0.2, 0.25) is 0 Å². The molecule has 3 atom stereocenters. The Morgan fingerprint density at radius 1 is 1.03 bits per heavy atom. The number of benzene rings is 2. The van der Waals surface area contributed by atoms with Gasteiger partial charge in [0.1, 0.15) is 5.75 Å². The van der Waals surface area contributed by atoms with Gasteiger partial charge in [-0.25, -0.2) is 0 Å². The number of piperidine rings is 2. The Bertz CT molecular complexity index is 896. The van der Waals surface area contributed by atoms with Gasteiger partial charge in [-0.2, -0.15) is 0 Å². The van der Waals surface area contributed by atoms with Gasteiger partial charge in [-0.1, -0.05) is 36.8 Å². The number of aromatic hydroxyl groups is 1. The van der Waals surface area contributed by atoms with Gasteiger partial charge in [-0.05, 0) is 50.8 Å². The molecule has 29 heavy (non-hydrogen) atoms. The average molecular weight is 392 g/mol. The van der Waals surface area contributed by atoms with E-state index in [9.17, 15) is 14.7 Å². The van der Waals surface area contributed by atoms with Crippen LogP contribution in [0.25, 0.3) is 0 Å². The van der Waals surface area contributed by atoms with Crippen LogP contribution in [0.4, 0.5) is 0 Å². The summed E-state index contributed by atoms with van der Waals surface area (Å²) in [5, 5.41) is 13.3. The van der Waals surface area contributed by atoms with Crippen LogP contribution in [0, 0.1) is 0 Å². The lowest BCUT2D eigenvalue weighted by molar-refractivity contribution is 0.0457. The Hall–Kier alpha value is -2.66. The second kappa shape index (κ2) is 8.37. The molecule has 152 valence electrons.